The molecule has 0 amide bonds. The van der Waals surface area contributed by atoms with E-state index in [9.17, 15) is 0 Å². The molecule has 0 N–H and O–H groups in total. The lowest BCUT2D eigenvalue weighted by Crippen LogP contribution is -2.12. The van der Waals surface area contributed by atoms with Crippen LogP contribution in [0.2, 0.25) is 0 Å². The van der Waals surface area contributed by atoms with Gasteiger partial charge in [0.2, 0.25) is 0 Å². The SMILES string of the molecule is CC(C)(C)c1cc2c3oc(-c4ccccc4)c(-c4ccccc4)c3c3cc(C(C)(C)C)cc4c5oc(-c6ccccc6)c(-c6ccccc6)c5c(c1)c2c43. The van der Waals surface area contributed by atoms with Crippen LogP contribution < -0.4 is 0 Å². The second-order valence-corrected chi connectivity index (χ2v) is 16.9. The number of hydrogen-bond acceptors (Lipinski definition) is 2. The quantitative estimate of drug-likeness (QED) is 0.171. The summed E-state index contributed by atoms with van der Waals surface area (Å²) in [5.74, 6) is 1.78. The van der Waals surface area contributed by atoms with Crippen LogP contribution in [0.1, 0.15) is 52.7 Å². The Labute approximate surface area is 316 Å². The molecule has 2 aromatic heterocycles. The molecule has 0 saturated carbocycles. The molecule has 0 unspecified atom stereocenters. The summed E-state index contributed by atoms with van der Waals surface area (Å²) in [5, 5.41) is 9.39. The predicted octanol–water partition coefficient (Wildman–Crippen LogP) is 15.3. The van der Waals surface area contributed by atoms with Gasteiger partial charge in [-0.15, -0.1) is 0 Å². The van der Waals surface area contributed by atoms with Crippen molar-refractivity contribution in [1.29, 1.82) is 0 Å². The van der Waals surface area contributed by atoms with Gasteiger partial charge in [-0.3, -0.25) is 0 Å². The van der Waals surface area contributed by atoms with Gasteiger partial charge < -0.3 is 8.83 Å². The van der Waals surface area contributed by atoms with E-state index >= 15 is 0 Å². The highest BCUT2D eigenvalue weighted by Crippen LogP contribution is 2.55. The number of fused-ring (bicyclic) bond motifs is 6. The summed E-state index contributed by atoms with van der Waals surface area (Å²) in [4.78, 5) is 0. The Morgan fingerprint density at radius 3 is 0.944 bits per heavy atom. The van der Waals surface area contributed by atoms with Crippen LogP contribution >= 0.6 is 0 Å². The highest BCUT2D eigenvalue weighted by molar-refractivity contribution is 6.42. The van der Waals surface area contributed by atoms with Crippen LogP contribution in [-0.2, 0) is 10.8 Å². The molecule has 54 heavy (non-hydrogen) atoms. The van der Waals surface area contributed by atoms with Crippen LogP contribution in [0.5, 0.6) is 0 Å². The van der Waals surface area contributed by atoms with Gasteiger partial charge >= 0.3 is 0 Å². The van der Waals surface area contributed by atoms with Gasteiger partial charge in [0.05, 0.1) is 0 Å². The lowest BCUT2D eigenvalue weighted by molar-refractivity contribution is 0.591. The zero-order valence-electron chi connectivity index (χ0n) is 31.7. The average Bonchev–Trinajstić information content (AvgIpc) is 3.79. The number of furan rings is 2. The van der Waals surface area contributed by atoms with E-state index in [4.69, 9.17) is 8.83 Å². The Morgan fingerprint density at radius 1 is 0.333 bits per heavy atom. The Bertz CT molecular complexity index is 2800. The molecule has 0 bridgehead atoms. The van der Waals surface area contributed by atoms with Gasteiger partial charge in [0, 0.05) is 54.6 Å². The summed E-state index contributed by atoms with van der Waals surface area (Å²) in [6.07, 6.45) is 0. The number of hydrogen-bond donors (Lipinski definition) is 0. The summed E-state index contributed by atoms with van der Waals surface area (Å²) in [6.45, 7) is 13.8. The van der Waals surface area contributed by atoms with Crippen molar-refractivity contribution in [2.24, 2.45) is 0 Å². The van der Waals surface area contributed by atoms with Gasteiger partial charge in [-0.05, 0) is 68.1 Å². The predicted molar refractivity (Wildman–Crippen MR) is 229 cm³/mol. The monoisotopic (exact) mass is 698 g/mol. The Hall–Kier alpha value is -6.12. The van der Waals surface area contributed by atoms with E-state index in [0.29, 0.717) is 0 Å². The zero-order valence-corrected chi connectivity index (χ0v) is 31.7. The molecule has 0 aliphatic heterocycles. The van der Waals surface area contributed by atoms with Crippen LogP contribution in [-0.4, -0.2) is 0 Å². The largest absolute Gasteiger partial charge is 0.455 e. The lowest BCUT2D eigenvalue weighted by atomic mass is 9.78. The summed E-state index contributed by atoms with van der Waals surface area (Å²) < 4.78 is 14.7. The minimum absolute atomic E-state index is 0.126. The van der Waals surface area contributed by atoms with Crippen molar-refractivity contribution in [2.45, 2.75) is 52.4 Å². The normalized spacial score (nSPS) is 12.6. The molecule has 10 aromatic rings. The van der Waals surface area contributed by atoms with E-state index in [1.54, 1.807) is 0 Å². The fraction of sp³-hybridized carbons (Fsp3) is 0.154. The van der Waals surface area contributed by atoms with Crippen molar-refractivity contribution in [2.75, 3.05) is 0 Å². The maximum atomic E-state index is 7.33. The Kier molecular flexibility index (Phi) is 7.04. The maximum Gasteiger partial charge on any atom is 0.143 e. The van der Waals surface area contributed by atoms with Crippen LogP contribution in [0.4, 0.5) is 0 Å². The van der Waals surface area contributed by atoms with Gasteiger partial charge in [0.15, 0.2) is 0 Å². The molecular weight excluding hydrogens is 657 g/mol. The van der Waals surface area contributed by atoms with E-state index < -0.39 is 0 Å². The van der Waals surface area contributed by atoms with Crippen molar-refractivity contribution in [3.8, 4) is 44.9 Å². The number of rotatable bonds is 4. The smallest absolute Gasteiger partial charge is 0.143 e. The van der Waals surface area contributed by atoms with Crippen LogP contribution in [0, 0.1) is 0 Å². The standard InChI is InChI=1S/C52H42O2/c1-51(2,3)35-27-37-43-39(29-35)49-46(42(32-21-13-8-14-22-32)48(53-49)34-25-17-10-18-26-34)38-28-36(52(4,5)6)30-40(44(38)43)50-45(37)41(31-19-11-7-12-20-31)47(54-50)33-23-15-9-16-24-33/h7-30H,1-6H3. The molecule has 2 nitrogen and oxygen atoms in total. The number of benzene rings is 8. The highest BCUT2D eigenvalue weighted by atomic mass is 16.3. The van der Waals surface area contributed by atoms with E-state index in [2.05, 4.69) is 187 Å². The summed E-state index contributed by atoms with van der Waals surface area (Å²) in [7, 11) is 0. The Morgan fingerprint density at radius 2 is 0.630 bits per heavy atom. The van der Waals surface area contributed by atoms with E-state index in [1.165, 1.54) is 32.7 Å². The molecule has 0 atom stereocenters. The third-order valence-corrected chi connectivity index (χ3v) is 11.3. The van der Waals surface area contributed by atoms with Crippen LogP contribution in [0.25, 0.3) is 99.2 Å². The molecule has 0 radical (unpaired) electrons. The third-order valence-electron chi connectivity index (χ3n) is 11.3. The fourth-order valence-electron chi connectivity index (χ4n) is 8.54. The molecule has 0 fully saturated rings. The maximum absolute atomic E-state index is 7.33. The van der Waals surface area contributed by atoms with Crippen molar-refractivity contribution in [1.82, 2.24) is 0 Å². The fourth-order valence-corrected chi connectivity index (χ4v) is 8.54. The second-order valence-electron chi connectivity index (χ2n) is 16.9. The molecular formula is C52H42O2. The van der Waals surface area contributed by atoms with Crippen LogP contribution in [0.3, 0.4) is 0 Å². The van der Waals surface area contributed by atoms with Gasteiger partial charge in [-0.1, -0.05) is 163 Å². The van der Waals surface area contributed by atoms with Crippen molar-refractivity contribution < 1.29 is 8.83 Å². The summed E-state index contributed by atoms with van der Waals surface area (Å²) in [6, 6.07) is 52.4. The molecule has 0 saturated heterocycles. The first-order valence-corrected chi connectivity index (χ1v) is 19.0. The lowest BCUT2D eigenvalue weighted by Gasteiger charge is -2.24. The van der Waals surface area contributed by atoms with Crippen molar-refractivity contribution in [3.05, 3.63) is 157 Å². The first-order valence-electron chi connectivity index (χ1n) is 19.0. The van der Waals surface area contributed by atoms with Gasteiger partial charge in [0.25, 0.3) is 0 Å². The molecule has 262 valence electrons. The molecule has 8 aromatic carbocycles. The molecule has 2 heterocycles. The minimum atomic E-state index is -0.126. The summed E-state index contributed by atoms with van der Waals surface area (Å²) in [5.41, 5.74) is 10.8. The molecule has 2 heteroatoms. The molecule has 0 spiro atoms. The van der Waals surface area contributed by atoms with Gasteiger partial charge in [-0.25, -0.2) is 0 Å². The highest BCUT2D eigenvalue weighted by Gasteiger charge is 2.31. The first-order chi connectivity index (χ1) is 26.1. The average molecular weight is 699 g/mol. The van der Waals surface area contributed by atoms with Crippen molar-refractivity contribution >= 4 is 54.3 Å². The molecule has 0 aliphatic carbocycles. The summed E-state index contributed by atoms with van der Waals surface area (Å²) >= 11 is 0. The minimum Gasteiger partial charge on any atom is -0.455 e. The van der Waals surface area contributed by atoms with Crippen molar-refractivity contribution in [3.63, 3.8) is 0 Å². The van der Waals surface area contributed by atoms with Gasteiger partial charge in [-0.2, -0.15) is 0 Å². The van der Waals surface area contributed by atoms with E-state index in [1.807, 2.05) is 0 Å². The van der Waals surface area contributed by atoms with E-state index in [0.717, 1.165) is 77.6 Å². The zero-order chi connectivity index (χ0) is 36.9. The molecule has 0 aliphatic rings. The third kappa shape index (κ3) is 4.86. The van der Waals surface area contributed by atoms with Gasteiger partial charge in [0.1, 0.15) is 22.7 Å². The Balaban J connectivity index is 1.53. The topological polar surface area (TPSA) is 26.3 Å². The van der Waals surface area contributed by atoms with Crippen LogP contribution in [0.15, 0.2) is 154 Å². The first kappa shape index (κ1) is 32.5. The second kappa shape index (κ2) is 11.7. The molecule has 10 rings (SSSR count). The van der Waals surface area contributed by atoms with E-state index in [-0.39, 0.29) is 10.8 Å².